The van der Waals surface area contributed by atoms with E-state index in [0.29, 0.717) is 11.8 Å². The van der Waals surface area contributed by atoms with Crippen molar-refractivity contribution in [3.05, 3.63) is 34.3 Å². The molecule has 1 N–H and O–H groups in total. The van der Waals surface area contributed by atoms with E-state index >= 15 is 0 Å². The van der Waals surface area contributed by atoms with Crippen molar-refractivity contribution in [2.45, 2.75) is 12.5 Å². The summed E-state index contributed by atoms with van der Waals surface area (Å²) in [5.74, 6) is 0. The van der Waals surface area contributed by atoms with Crippen LogP contribution in [0.2, 0.25) is 0 Å². The summed E-state index contributed by atoms with van der Waals surface area (Å²) in [6.07, 6.45) is 0.523. The Hall–Kier alpha value is -0.670. The van der Waals surface area contributed by atoms with Crippen molar-refractivity contribution in [2.75, 3.05) is 0 Å². The van der Waals surface area contributed by atoms with Gasteiger partial charge < -0.3 is 5.11 Å². The molecular formula is C9H9BrO2. The summed E-state index contributed by atoms with van der Waals surface area (Å²) in [5.41, 5.74) is -0.795. The van der Waals surface area contributed by atoms with Gasteiger partial charge in [0.05, 0.1) is 0 Å². The second-order valence-corrected chi connectivity index (χ2v) is 3.69. The molecule has 0 heterocycles. The number of aldehydes is 1. The van der Waals surface area contributed by atoms with Gasteiger partial charge in [0.15, 0.2) is 6.29 Å². The van der Waals surface area contributed by atoms with Crippen LogP contribution in [0.5, 0.6) is 0 Å². The van der Waals surface area contributed by atoms with Crippen molar-refractivity contribution >= 4 is 22.2 Å². The molecule has 64 valence electrons. The lowest BCUT2D eigenvalue weighted by molar-refractivity contribution is -0.123. The molecular weight excluding hydrogens is 220 g/mol. The predicted octanol–water partition coefficient (Wildman–Crippen LogP) is 1.86. The van der Waals surface area contributed by atoms with E-state index in [1.807, 2.05) is 6.07 Å². The highest BCUT2D eigenvalue weighted by molar-refractivity contribution is 9.10. The molecule has 0 spiro atoms. The molecule has 1 atom stereocenters. The van der Waals surface area contributed by atoms with E-state index < -0.39 is 5.60 Å². The molecule has 1 aromatic rings. The van der Waals surface area contributed by atoms with Gasteiger partial charge in [-0.25, -0.2) is 0 Å². The smallest absolute Gasteiger partial charge is 0.155 e. The Balaban J connectivity index is 3.11. The van der Waals surface area contributed by atoms with Crippen LogP contribution < -0.4 is 0 Å². The molecule has 0 aliphatic rings. The maximum absolute atomic E-state index is 10.5. The molecule has 0 fully saturated rings. The Morgan fingerprint density at radius 3 is 2.75 bits per heavy atom. The predicted molar refractivity (Wildman–Crippen MR) is 49.8 cm³/mol. The molecule has 0 aliphatic carbocycles. The number of aliphatic hydroxyl groups is 1. The first-order chi connectivity index (χ1) is 5.56. The van der Waals surface area contributed by atoms with Crippen molar-refractivity contribution in [1.82, 2.24) is 0 Å². The van der Waals surface area contributed by atoms with Gasteiger partial charge in [-0.3, -0.25) is 4.79 Å². The van der Waals surface area contributed by atoms with Gasteiger partial charge in [-0.1, -0.05) is 28.1 Å². The standard InChI is InChI=1S/C9H9BrO2/c1-9(12,6-11)7-3-2-4-8(10)5-7/h2-6,12H,1H3. The second-order valence-electron chi connectivity index (χ2n) is 2.78. The largest absolute Gasteiger partial charge is 0.378 e. The van der Waals surface area contributed by atoms with E-state index in [9.17, 15) is 9.90 Å². The van der Waals surface area contributed by atoms with Crippen molar-refractivity contribution in [3.63, 3.8) is 0 Å². The second kappa shape index (κ2) is 3.37. The maximum atomic E-state index is 10.5. The maximum Gasteiger partial charge on any atom is 0.155 e. The summed E-state index contributed by atoms with van der Waals surface area (Å²) < 4.78 is 0.849. The summed E-state index contributed by atoms with van der Waals surface area (Å²) in [5, 5.41) is 9.53. The highest BCUT2D eigenvalue weighted by Crippen LogP contribution is 2.21. The number of rotatable bonds is 2. The van der Waals surface area contributed by atoms with Gasteiger partial charge in [0.1, 0.15) is 5.60 Å². The molecule has 0 saturated carbocycles. The van der Waals surface area contributed by atoms with E-state index in [0.717, 1.165) is 4.47 Å². The van der Waals surface area contributed by atoms with Gasteiger partial charge in [-0.15, -0.1) is 0 Å². The molecule has 1 rings (SSSR count). The van der Waals surface area contributed by atoms with Crippen LogP contribution in [0.3, 0.4) is 0 Å². The minimum Gasteiger partial charge on any atom is -0.378 e. The van der Waals surface area contributed by atoms with E-state index in [-0.39, 0.29) is 0 Å². The Kier molecular flexibility index (Phi) is 2.65. The lowest BCUT2D eigenvalue weighted by atomic mass is 9.98. The fraction of sp³-hybridized carbons (Fsp3) is 0.222. The lowest BCUT2D eigenvalue weighted by Gasteiger charge is -2.15. The van der Waals surface area contributed by atoms with Crippen LogP contribution in [0.4, 0.5) is 0 Å². The number of hydrogen-bond acceptors (Lipinski definition) is 2. The van der Waals surface area contributed by atoms with Crippen molar-refractivity contribution in [3.8, 4) is 0 Å². The van der Waals surface area contributed by atoms with Crippen LogP contribution in [-0.2, 0) is 10.4 Å². The zero-order chi connectivity index (χ0) is 9.19. The molecule has 0 radical (unpaired) electrons. The summed E-state index contributed by atoms with van der Waals surface area (Å²) in [7, 11) is 0. The van der Waals surface area contributed by atoms with Gasteiger partial charge in [-0.2, -0.15) is 0 Å². The van der Waals surface area contributed by atoms with Gasteiger partial charge in [-0.05, 0) is 24.6 Å². The number of carbonyl (C=O) groups excluding carboxylic acids is 1. The Labute approximate surface area is 79.3 Å². The quantitative estimate of drug-likeness (QED) is 0.786. The van der Waals surface area contributed by atoms with Crippen LogP contribution in [0, 0.1) is 0 Å². The summed E-state index contributed by atoms with van der Waals surface area (Å²) in [6, 6.07) is 7.04. The molecule has 0 aliphatic heterocycles. The number of halogens is 1. The van der Waals surface area contributed by atoms with Crippen LogP contribution in [0.15, 0.2) is 28.7 Å². The Bertz CT molecular complexity index is 294. The highest BCUT2D eigenvalue weighted by Gasteiger charge is 2.21. The number of carbonyl (C=O) groups is 1. The van der Waals surface area contributed by atoms with Gasteiger partial charge in [0, 0.05) is 4.47 Å². The Morgan fingerprint density at radius 2 is 2.25 bits per heavy atom. The first-order valence-electron chi connectivity index (χ1n) is 3.51. The third-order valence-corrected chi connectivity index (χ3v) is 2.13. The molecule has 12 heavy (non-hydrogen) atoms. The third kappa shape index (κ3) is 1.93. The molecule has 0 bridgehead atoms. The number of hydrogen-bond donors (Lipinski definition) is 1. The van der Waals surface area contributed by atoms with Gasteiger partial charge in [0.2, 0.25) is 0 Å². The summed E-state index contributed by atoms with van der Waals surface area (Å²) >= 11 is 3.26. The minimum absolute atomic E-state index is 0.523. The molecule has 0 aromatic heterocycles. The zero-order valence-corrected chi connectivity index (χ0v) is 8.21. The highest BCUT2D eigenvalue weighted by atomic mass is 79.9. The van der Waals surface area contributed by atoms with E-state index in [2.05, 4.69) is 15.9 Å². The summed E-state index contributed by atoms with van der Waals surface area (Å²) in [6.45, 7) is 1.46. The van der Waals surface area contributed by atoms with E-state index in [4.69, 9.17) is 0 Å². The summed E-state index contributed by atoms with van der Waals surface area (Å²) in [4.78, 5) is 10.5. The van der Waals surface area contributed by atoms with Crippen LogP contribution in [0.25, 0.3) is 0 Å². The molecule has 2 nitrogen and oxygen atoms in total. The lowest BCUT2D eigenvalue weighted by Crippen LogP contribution is -2.22. The number of benzene rings is 1. The first-order valence-corrected chi connectivity index (χ1v) is 4.30. The van der Waals surface area contributed by atoms with Crippen molar-refractivity contribution < 1.29 is 9.90 Å². The first kappa shape index (κ1) is 9.42. The molecule has 1 aromatic carbocycles. The fourth-order valence-electron chi connectivity index (χ4n) is 0.871. The van der Waals surface area contributed by atoms with E-state index in [1.54, 1.807) is 18.2 Å². The Morgan fingerprint density at radius 1 is 1.58 bits per heavy atom. The molecule has 3 heteroatoms. The SMILES string of the molecule is CC(O)(C=O)c1cccc(Br)c1. The van der Waals surface area contributed by atoms with Crippen molar-refractivity contribution in [1.29, 1.82) is 0 Å². The topological polar surface area (TPSA) is 37.3 Å². The van der Waals surface area contributed by atoms with Gasteiger partial charge >= 0.3 is 0 Å². The zero-order valence-electron chi connectivity index (χ0n) is 6.62. The monoisotopic (exact) mass is 228 g/mol. The third-order valence-electron chi connectivity index (χ3n) is 1.64. The van der Waals surface area contributed by atoms with Crippen LogP contribution >= 0.6 is 15.9 Å². The van der Waals surface area contributed by atoms with E-state index in [1.165, 1.54) is 6.92 Å². The minimum atomic E-state index is -1.39. The average molecular weight is 229 g/mol. The molecule has 0 amide bonds. The van der Waals surface area contributed by atoms with Crippen LogP contribution in [0.1, 0.15) is 12.5 Å². The molecule has 1 unspecified atom stereocenters. The average Bonchev–Trinajstić information content (AvgIpc) is 2.05. The molecule has 0 saturated heterocycles. The fourth-order valence-corrected chi connectivity index (χ4v) is 1.27. The van der Waals surface area contributed by atoms with Crippen LogP contribution in [-0.4, -0.2) is 11.4 Å². The van der Waals surface area contributed by atoms with Crippen molar-refractivity contribution in [2.24, 2.45) is 0 Å². The normalized spacial score (nSPS) is 15.2. The van der Waals surface area contributed by atoms with Gasteiger partial charge in [0.25, 0.3) is 0 Å².